The normalized spacial score (nSPS) is 28.9. The maximum absolute atomic E-state index is 12.0. The summed E-state index contributed by atoms with van der Waals surface area (Å²) in [4.78, 5) is 24.9. The van der Waals surface area contributed by atoms with Gasteiger partial charge < -0.3 is 9.69 Å². The molecule has 1 aliphatic heterocycles. The quantitative estimate of drug-likeness (QED) is 0.735. The Labute approximate surface area is 97.2 Å². The Morgan fingerprint density at radius 1 is 1.12 bits per heavy atom. The molecule has 2 rings (SSSR count). The van der Waals surface area contributed by atoms with Gasteiger partial charge in [0.2, 0.25) is 5.91 Å². The minimum absolute atomic E-state index is 0.118. The lowest BCUT2D eigenvalue weighted by Gasteiger charge is -2.31. The zero-order valence-electron chi connectivity index (χ0n) is 10.1. The van der Waals surface area contributed by atoms with Gasteiger partial charge >= 0.3 is 0 Å². The summed E-state index contributed by atoms with van der Waals surface area (Å²) < 4.78 is 0. The van der Waals surface area contributed by atoms with Crippen molar-refractivity contribution in [1.29, 1.82) is 0 Å². The summed E-state index contributed by atoms with van der Waals surface area (Å²) in [6, 6.07) is 0.494. The summed E-state index contributed by atoms with van der Waals surface area (Å²) in [7, 11) is 0. The van der Waals surface area contributed by atoms with Gasteiger partial charge in [-0.3, -0.25) is 4.79 Å². The zero-order chi connectivity index (χ0) is 11.5. The molecule has 0 bridgehead atoms. The van der Waals surface area contributed by atoms with Gasteiger partial charge in [0.1, 0.15) is 5.78 Å². The van der Waals surface area contributed by atoms with Crippen molar-refractivity contribution in [2.75, 3.05) is 6.54 Å². The van der Waals surface area contributed by atoms with Crippen LogP contribution in [0.5, 0.6) is 0 Å². The molecule has 90 valence electrons. The Hall–Kier alpha value is -0.860. The fourth-order valence-corrected chi connectivity index (χ4v) is 3.14. The van der Waals surface area contributed by atoms with Crippen LogP contribution in [0, 0.1) is 5.92 Å². The number of rotatable bonds is 3. The molecule has 0 aromatic heterocycles. The fourth-order valence-electron chi connectivity index (χ4n) is 3.14. The van der Waals surface area contributed by atoms with Crippen LogP contribution in [0.3, 0.4) is 0 Å². The molecule has 2 unspecified atom stereocenters. The van der Waals surface area contributed by atoms with E-state index < -0.39 is 0 Å². The second-order valence-electron chi connectivity index (χ2n) is 5.19. The van der Waals surface area contributed by atoms with Crippen molar-refractivity contribution < 1.29 is 9.59 Å². The largest absolute Gasteiger partial charge is 0.339 e. The van der Waals surface area contributed by atoms with Crippen molar-refractivity contribution in [2.24, 2.45) is 5.92 Å². The van der Waals surface area contributed by atoms with Crippen molar-refractivity contribution in [1.82, 2.24) is 4.90 Å². The van der Waals surface area contributed by atoms with E-state index in [1.165, 1.54) is 32.1 Å². The van der Waals surface area contributed by atoms with Gasteiger partial charge in [-0.25, -0.2) is 0 Å². The van der Waals surface area contributed by atoms with Crippen molar-refractivity contribution in [2.45, 2.75) is 57.9 Å². The summed E-state index contributed by atoms with van der Waals surface area (Å²) in [5, 5.41) is 0. The lowest BCUT2D eigenvalue weighted by atomic mass is 9.85. The van der Waals surface area contributed by atoms with E-state index in [0.29, 0.717) is 18.9 Å². The Morgan fingerprint density at radius 3 is 2.62 bits per heavy atom. The zero-order valence-corrected chi connectivity index (χ0v) is 10.1. The molecule has 16 heavy (non-hydrogen) atoms. The molecule has 2 fully saturated rings. The smallest absolute Gasteiger partial charge is 0.223 e. The van der Waals surface area contributed by atoms with Gasteiger partial charge in [-0.2, -0.15) is 0 Å². The Bertz CT molecular complexity index is 288. The van der Waals surface area contributed by atoms with Gasteiger partial charge in [-0.1, -0.05) is 12.8 Å². The second-order valence-corrected chi connectivity index (χ2v) is 5.19. The minimum atomic E-state index is 0.118. The number of likely N-dealkylation sites (tertiary alicyclic amines) is 1. The fraction of sp³-hybridized carbons (Fsp3) is 0.846. The van der Waals surface area contributed by atoms with Crippen LogP contribution in [0.2, 0.25) is 0 Å². The first-order valence-electron chi connectivity index (χ1n) is 6.47. The molecule has 2 atom stereocenters. The molecule has 0 N–H and O–H groups in total. The van der Waals surface area contributed by atoms with Gasteiger partial charge in [-0.05, 0) is 32.1 Å². The maximum Gasteiger partial charge on any atom is 0.223 e. The van der Waals surface area contributed by atoms with Gasteiger partial charge in [-0.15, -0.1) is 0 Å². The van der Waals surface area contributed by atoms with Crippen LogP contribution in [0.15, 0.2) is 0 Å². The number of ketones is 1. The van der Waals surface area contributed by atoms with Crippen LogP contribution in [0.1, 0.15) is 51.9 Å². The predicted octanol–water partition coefficient (Wildman–Crippen LogP) is 2.15. The molecule has 1 aliphatic carbocycles. The highest BCUT2D eigenvalue weighted by Crippen LogP contribution is 2.36. The van der Waals surface area contributed by atoms with Crippen molar-refractivity contribution in [3.05, 3.63) is 0 Å². The Balaban J connectivity index is 1.89. The molecular weight excluding hydrogens is 202 g/mol. The molecule has 3 heteroatoms. The number of fused-ring (bicyclic) bond motifs is 1. The third-order valence-electron chi connectivity index (χ3n) is 4.02. The lowest BCUT2D eigenvalue weighted by molar-refractivity contribution is -0.134. The average molecular weight is 223 g/mol. The number of carbonyl (C=O) groups excluding carboxylic acids is 2. The van der Waals surface area contributed by atoms with Gasteiger partial charge in [0.25, 0.3) is 0 Å². The molecular formula is C13H21NO2. The van der Waals surface area contributed by atoms with E-state index in [-0.39, 0.29) is 11.7 Å². The standard InChI is InChI=1S/C13H21NO2/c1-10(15)6-7-13(16)14-9-8-11-4-2-3-5-12(11)14/h11-12H,2-9H2,1H3. The summed E-state index contributed by atoms with van der Waals surface area (Å²) >= 11 is 0. The number of amides is 1. The van der Waals surface area contributed by atoms with Gasteiger partial charge in [0.15, 0.2) is 0 Å². The first kappa shape index (κ1) is 11.6. The molecule has 3 nitrogen and oxygen atoms in total. The van der Waals surface area contributed by atoms with Crippen LogP contribution in [-0.2, 0) is 9.59 Å². The summed E-state index contributed by atoms with van der Waals surface area (Å²) in [6.45, 7) is 2.48. The molecule has 1 heterocycles. The van der Waals surface area contributed by atoms with Crippen molar-refractivity contribution in [3.63, 3.8) is 0 Å². The topological polar surface area (TPSA) is 37.4 Å². The summed E-state index contributed by atoms with van der Waals surface area (Å²) in [6.07, 6.45) is 7.06. The second kappa shape index (κ2) is 4.98. The van der Waals surface area contributed by atoms with E-state index in [2.05, 4.69) is 0 Å². The molecule has 0 spiro atoms. The number of Topliss-reactive ketones (excluding diaryl/α,β-unsaturated/α-hetero) is 1. The van der Waals surface area contributed by atoms with E-state index in [1.807, 2.05) is 4.90 Å². The monoisotopic (exact) mass is 223 g/mol. The average Bonchev–Trinajstić information content (AvgIpc) is 2.69. The van der Waals surface area contributed by atoms with Crippen LogP contribution in [0.4, 0.5) is 0 Å². The van der Waals surface area contributed by atoms with Crippen molar-refractivity contribution >= 4 is 11.7 Å². The molecule has 1 saturated carbocycles. The Morgan fingerprint density at radius 2 is 1.88 bits per heavy atom. The van der Waals surface area contributed by atoms with Crippen LogP contribution >= 0.6 is 0 Å². The van der Waals surface area contributed by atoms with Gasteiger partial charge in [0.05, 0.1) is 0 Å². The van der Waals surface area contributed by atoms with Gasteiger partial charge in [0, 0.05) is 25.4 Å². The molecule has 1 amide bonds. The molecule has 1 saturated heterocycles. The van der Waals surface area contributed by atoms with Crippen LogP contribution in [-0.4, -0.2) is 29.2 Å². The van der Waals surface area contributed by atoms with E-state index in [9.17, 15) is 9.59 Å². The summed E-state index contributed by atoms with van der Waals surface area (Å²) in [5.41, 5.74) is 0. The van der Waals surface area contributed by atoms with E-state index >= 15 is 0 Å². The maximum atomic E-state index is 12.0. The van der Waals surface area contributed by atoms with E-state index in [0.717, 1.165) is 12.5 Å². The number of hydrogen-bond acceptors (Lipinski definition) is 2. The van der Waals surface area contributed by atoms with Crippen LogP contribution in [0.25, 0.3) is 0 Å². The molecule has 0 aromatic carbocycles. The highest BCUT2D eigenvalue weighted by molar-refractivity contribution is 5.83. The number of hydrogen-bond donors (Lipinski definition) is 0. The third kappa shape index (κ3) is 2.45. The minimum Gasteiger partial charge on any atom is -0.339 e. The molecule has 0 radical (unpaired) electrons. The highest BCUT2D eigenvalue weighted by atomic mass is 16.2. The third-order valence-corrected chi connectivity index (χ3v) is 4.02. The van der Waals surface area contributed by atoms with E-state index in [4.69, 9.17) is 0 Å². The lowest BCUT2D eigenvalue weighted by Crippen LogP contribution is -2.39. The number of carbonyl (C=O) groups is 2. The number of nitrogens with zero attached hydrogens (tertiary/aromatic N) is 1. The SMILES string of the molecule is CC(=O)CCC(=O)N1CCC2CCCCC21. The highest BCUT2D eigenvalue weighted by Gasteiger charge is 2.37. The van der Waals surface area contributed by atoms with Crippen molar-refractivity contribution in [3.8, 4) is 0 Å². The molecule has 2 aliphatic rings. The summed E-state index contributed by atoms with van der Waals surface area (Å²) in [5.74, 6) is 1.06. The van der Waals surface area contributed by atoms with E-state index in [1.54, 1.807) is 6.92 Å². The molecule has 0 aromatic rings. The Kier molecular flexibility index (Phi) is 3.62. The first-order chi connectivity index (χ1) is 7.68. The van der Waals surface area contributed by atoms with Crippen LogP contribution < -0.4 is 0 Å². The predicted molar refractivity (Wildman–Crippen MR) is 62.0 cm³/mol. The first-order valence-corrected chi connectivity index (χ1v) is 6.47.